The molecule has 1 heterocycles. The van der Waals surface area contributed by atoms with Gasteiger partial charge in [0, 0.05) is 25.6 Å². The molecular formula is C10H16N2O. The maximum Gasteiger partial charge on any atom is 0.179 e. The fourth-order valence-electron chi connectivity index (χ4n) is 1.61. The van der Waals surface area contributed by atoms with Gasteiger partial charge in [-0.25, -0.2) is 4.98 Å². The zero-order valence-corrected chi connectivity index (χ0v) is 8.72. The number of nitrogens with zero attached hydrogens (tertiary/aromatic N) is 2. The lowest BCUT2D eigenvalue weighted by Gasteiger charge is -2.03. The molecule has 0 saturated carbocycles. The fourth-order valence-corrected chi connectivity index (χ4v) is 1.61. The highest BCUT2D eigenvalue weighted by atomic mass is 16.1. The zero-order valence-electron chi connectivity index (χ0n) is 8.72. The van der Waals surface area contributed by atoms with Crippen molar-refractivity contribution in [1.29, 1.82) is 0 Å². The Morgan fingerprint density at radius 1 is 1.46 bits per heavy atom. The third-order valence-corrected chi connectivity index (χ3v) is 2.27. The zero-order chi connectivity index (χ0) is 10.0. The molecule has 0 aliphatic carbocycles. The molecule has 13 heavy (non-hydrogen) atoms. The van der Waals surface area contributed by atoms with Crippen molar-refractivity contribution < 1.29 is 4.79 Å². The molecule has 0 amide bonds. The molecule has 1 aromatic heterocycles. The molecule has 3 heteroatoms. The van der Waals surface area contributed by atoms with Crippen LogP contribution in [0.5, 0.6) is 0 Å². The third-order valence-electron chi connectivity index (χ3n) is 2.27. The van der Waals surface area contributed by atoms with Crippen LogP contribution in [0.4, 0.5) is 0 Å². The second kappa shape index (κ2) is 3.73. The van der Waals surface area contributed by atoms with E-state index in [1.165, 1.54) is 0 Å². The molecule has 0 unspecified atom stereocenters. The highest BCUT2D eigenvalue weighted by Gasteiger charge is 2.13. The first kappa shape index (κ1) is 9.96. The van der Waals surface area contributed by atoms with E-state index >= 15 is 0 Å². The number of hydrogen-bond donors (Lipinski definition) is 0. The lowest BCUT2D eigenvalue weighted by atomic mass is 10.2. The summed E-state index contributed by atoms with van der Waals surface area (Å²) >= 11 is 0. The van der Waals surface area contributed by atoms with Crippen LogP contribution < -0.4 is 0 Å². The van der Waals surface area contributed by atoms with Gasteiger partial charge in [0.2, 0.25) is 0 Å². The van der Waals surface area contributed by atoms with E-state index in [-0.39, 0.29) is 5.78 Å². The molecule has 0 radical (unpaired) electrons. The van der Waals surface area contributed by atoms with Crippen LogP contribution in [0.25, 0.3) is 0 Å². The molecule has 0 atom stereocenters. The molecule has 72 valence electrons. The van der Waals surface area contributed by atoms with Crippen molar-refractivity contribution in [3.8, 4) is 0 Å². The summed E-state index contributed by atoms with van der Waals surface area (Å²) < 4.78 is 2.09. The molecule has 0 bridgehead atoms. The van der Waals surface area contributed by atoms with Crippen LogP contribution in [0.2, 0.25) is 0 Å². The second-order valence-electron chi connectivity index (χ2n) is 3.12. The average Bonchev–Trinajstić information content (AvgIpc) is 2.41. The molecule has 0 N–H and O–H groups in total. The molecule has 0 aromatic carbocycles. The van der Waals surface area contributed by atoms with Crippen molar-refractivity contribution in [2.75, 3.05) is 0 Å². The Morgan fingerprint density at radius 3 is 2.38 bits per heavy atom. The van der Waals surface area contributed by atoms with Gasteiger partial charge in [0.05, 0.1) is 0 Å². The SMILES string of the molecule is CCc1nc(C(C)=O)c(C)n1CC. The minimum atomic E-state index is 0.0550. The standard InChI is InChI=1S/C10H16N2O/c1-5-9-11-10(8(4)13)7(3)12(9)6-2/h5-6H2,1-4H3. The Bertz CT molecular complexity index is 326. The molecule has 3 nitrogen and oxygen atoms in total. The summed E-state index contributed by atoms with van der Waals surface area (Å²) in [4.78, 5) is 15.5. The van der Waals surface area contributed by atoms with Crippen LogP contribution in [0.3, 0.4) is 0 Å². The van der Waals surface area contributed by atoms with Crippen molar-refractivity contribution in [2.45, 2.75) is 40.7 Å². The Morgan fingerprint density at radius 2 is 2.08 bits per heavy atom. The van der Waals surface area contributed by atoms with E-state index in [1.807, 2.05) is 6.92 Å². The predicted octanol–water partition coefficient (Wildman–Crippen LogP) is 1.98. The normalized spacial score (nSPS) is 10.5. The Kier molecular flexibility index (Phi) is 2.86. The topological polar surface area (TPSA) is 34.9 Å². The van der Waals surface area contributed by atoms with E-state index in [9.17, 15) is 4.79 Å². The van der Waals surface area contributed by atoms with Gasteiger partial charge in [-0.2, -0.15) is 0 Å². The van der Waals surface area contributed by atoms with E-state index in [2.05, 4.69) is 23.4 Å². The van der Waals surface area contributed by atoms with Gasteiger partial charge in [0.25, 0.3) is 0 Å². The van der Waals surface area contributed by atoms with Crippen molar-refractivity contribution in [3.05, 3.63) is 17.2 Å². The lowest BCUT2D eigenvalue weighted by molar-refractivity contribution is 0.101. The number of carbonyl (C=O) groups excluding carboxylic acids is 1. The van der Waals surface area contributed by atoms with Crippen LogP contribution in [-0.4, -0.2) is 15.3 Å². The second-order valence-corrected chi connectivity index (χ2v) is 3.12. The van der Waals surface area contributed by atoms with Crippen molar-refractivity contribution in [3.63, 3.8) is 0 Å². The largest absolute Gasteiger partial charge is 0.332 e. The van der Waals surface area contributed by atoms with Gasteiger partial charge in [0.15, 0.2) is 5.78 Å². The van der Waals surface area contributed by atoms with Gasteiger partial charge in [0.1, 0.15) is 11.5 Å². The summed E-state index contributed by atoms with van der Waals surface area (Å²) in [6.45, 7) is 8.52. The number of Topliss-reactive ketones (excluding diaryl/α,β-unsaturated/α-hetero) is 1. The molecule has 0 saturated heterocycles. The van der Waals surface area contributed by atoms with Crippen LogP contribution >= 0.6 is 0 Å². The predicted molar refractivity (Wildman–Crippen MR) is 52.0 cm³/mol. The average molecular weight is 180 g/mol. The van der Waals surface area contributed by atoms with Crippen LogP contribution in [-0.2, 0) is 13.0 Å². The van der Waals surface area contributed by atoms with E-state index < -0.39 is 0 Å². The number of carbonyl (C=O) groups is 1. The van der Waals surface area contributed by atoms with E-state index in [0.29, 0.717) is 5.69 Å². The van der Waals surface area contributed by atoms with E-state index in [4.69, 9.17) is 0 Å². The molecule has 0 aliphatic heterocycles. The van der Waals surface area contributed by atoms with Crippen molar-refractivity contribution in [1.82, 2.24) is 9.55 Å². The van der Waals surface area contributed by atoms with E-state index in [1.54, 1.807) is 6.92 Å². The number of aryl methyl sites for hydroxylation is 1. The van der Waals surface area contributed by atoms with Gasteiger partial charge >= 0.3 is 0 Å². The summed E-state index contributed by atoms with van der Waals surface area (Å²) in [7, 11) is 0. The number of ketones is 1. The maximum atomic E-state index is 11.2. The van der Waals surface area contributed by atoms with Gasteiger partial charge in [-0.15, -0.1) is 0 Å². The van der Waals surface area contributed by atoms with Gasteiger partial charge in [-0.1, -0.05) is 6.92 Å². The molecule has 0 spiro atoms. The minimum Gasteiger partial charge on any atom is -0.332 e. The maximum absolute atomic E-state index is 11.2. The molecule has 1 aromatic rings. The lowest BCUT2D eigenvalue weighted by Crippen LogP contribution is -2.02. The minimum absolute atomic E-state index is 0.0550. The number of imidazole rings is 1. The third kappa shape index (κ3) is 1.64. The molecule has 0 fully saturated rings. The summed E-state index contributed by atoms with van der Waals surface area (Å²) in [5, 5.41) is 0. The Hall–Kier alpha value is -1.12. The number of hydrogen-bond acceptors (Lipinski definition) is 2. The highest BCUT2D eigenvalue weighted by Crippen LogP contribution is 2.12. The van der Waals surface area contributed by atoms with Gasteiger partial charge < -0.3 is 4.57 Å². The van der Waals surface area contributed by atoms with E-state index in [0.717, 1.165) is 24.5 Å². The van der Waals surface area contributed by atoms with Crippen LogP contribution in [0.15, 0.2) is 0 Å². The Labute approximate surface area is 78.8 Å². The van der Waals surface area contributed by atoms with Crippen molar-refractivity contribution >= 4 is 5.78 Å². The fraction of sp³-hybridized carbons (Fsp3) is 0.600. The smallest absolute Gasteiger partial charge is 0.179 e. The highest BCUT2D eigenvalue weighted by molar-refractivity contribution is 5.93. The molecule has 1 rings (SSSR count). The number of aromatic nitrogens is 2. The monoisotopic (exact) mass is 180 g/mol. The first-order valence-corrected chi connectivity index (χ1v) is 4.68. The van der Waals surface area contributed by atoms with Gasteiger partial charge in [-0.05, 0) is 13.8 Å². The first-order valence-electron chi connectivity index (χ1n) is 4.68. The van der Waals surface area contributed by atoms with Crippen molar-refractivity contribution in [2.24, 2.45) is 0 Å². The van der Waals surface area contributed by atoms with Gasteiger partial charge in [-0.3, -0.25) is 4.79 Å². The number of rotatable bonds is 3. The quantitative estimate of drug-likeness (QED) is 0.666. The first-order chi connectivity index (χ1) is 6.11. The molecular weight excluding hydrogens is 164 g/mol. The summed E-state index contributed by atoms with van der Waals surface area (Å²) in [6.07, 6.45) is 0.877. The summed E-state index contributed by atoms with van der Waals surface area (Å²) in [5.41, 5.74) is 1.62. The van der Waals surface area contributed by atoms with Crippen LogP contribution in [0.1, 0.15) is 42.8 Å². The molecule has 0 aliphatic rings. The Balaban J connectivity index is 3.26. The van der Waals surface area contributed by atoms with Crippen LogP contribution in [0, 0.1) is 6.92 Å². The summed E-state index contributed by atoms with van der Waals surface area (Å²) in [6, 6.07) is 0. The summed E-state index contributed by atoms with van der Waals surface area (Å²) in [5.74, 6) is 1.06.